The highest BCUT2D eigenvalue weighted by Crippen LogP contribution is 2.38. The molecule has 0 amide bonds. The van der Waals surface area contributed by atoms with E-state index in [2.05, 4.69) is 6.07 Å². The predicted octanol–water partition coefficient (Wildman–Crippen LogP) is 4.41. The van der Waals surface area contributed by atoms with Crippen molar-refractivity contribution >= 4 is 16.5 Å². The van der Waals surface area contributed by atoms with Crippen LogP contribution in [0.1, 0.15) is 11.1 Å². The summed E-state index contributed by atoms with van der Waals surface area (Å²) < 4.78 is 14.9. The molecule has 0 aromatic heterocycles. The molecule has 2 N–H and O–H groups in total. The Morgan fingerprint density at radius 1 is 1.00 bits per heavy atom. The zero-order chi connectivity index (χ0) is 15.0. The van der Waals surface area contributed by atoms with Gasteiger partial charge in [-0.2, -0.15) is 5.26 Å². The molecular formula is C18H13FN2. The van der Waals surface area contributed by atoms with Crippen molar-refractivity contribution in [2.75, 3.05) is 5.73 Å². The molecule has 21 heavy (non-hydrogen) atoms. The van der Waals surface area contributed by atoms with Gasteiger partial charge >= 0.3 is 0 Å². The molecule has 0 aliphatic rings. The monoisotopic (exact) mass is 276 g/mol. The van der Waals surface area contributed by atoms with E-state index in [4.69, 9.17) is 5.73 Å². The molecule has 3 heteroatoms. The zero-order valence-electron chi connectivity index (χ0n) is 11.5. The quantitative estimate of drug-likeness (QED) is 0.669. The molecule has 3 rings (SSSR count). The summed E-state index contributed by atoms with van der Waals surface area (Å²) in [5, 5.41) is 10.4. The van der Waals surface area contributed by atoms with Crippen LogP contribution in [-0.2, 0) is 0 Å². The fourth-order valence-electron chi connectivity index (χ4n) is 2.65. The van der Waals surface area contributed by atoms with Crippen LogP contribution in [0.15, 0.2) is 48.5 Å². The molecule has 0 unspecified atom stereocenters. The van der Waals surface area contributed by atoms with Gasteiger partial charge in [0.25, 0.3) is 0 Å². The van der Waals surface area contributed by atoms with Crippen molar-refractivity contribution in [2.45, 2.75) is 6.92 Å². The van der Waals surface area contributed by atoms with Crippen molar-refractivity contribution < 1.29 is 4.39 Å². The molecule has 0 saturated heterocycles. The maximum absolute atomic E-state index is 14.9. The van der Waals surface area contributed by atoms with E-state index in [1.807, 2.05) is 31.2 Å². The fraction of sp³-hybridized carbons (Fsp3) is 0.0556. The number of hydrogen-bond donors (Lipinski definition) is 1. The minimum Gasteiger partial charge on any atom is -0.397 e. The van der Waals surface area contributed by atoms with E-state index in [0.717, 1.165) is 11.1 Å². The largest absolute Gasteiger partial charge is 0.397 e. The number of anilines is 1. The normalized spacial score (nSPS) is 10.5. The first-order valence-corrected chi connectivity index (χ1v) is 6.61. The average molecular weight is 276 g/mol. The number of rotatable bonds is 1. The lowest BCUT2D eigenvalue weighted by Crippen LogP contribution is -2.01. The molecule has 0 heterocycles. The summed E-state index contributed by atoms with van der Waals surface area (Å²) in [4.78, 5) is 0. The highest BCUT2D eigenvalue weighted by atomic mass is 19.1. The van der Waals surface area contributed by atoms with Gasteiger partial charge in [-0.3, -0.25) is 0 Å². The lowest BCUT2D eigenvalue weighted by atomic mass is 9.92. The van der Waals surface area contributed by atoms with Gasteiger partial charge in [0.1, 0.15) is 11.9 Å². The van der Waals surface area contributed by atoms with E-state index >= 15 is 0 Å². The van der Waals surface area contributed by atoms with Crippen molar-refractivity contribution in [3.05, 3.63) is 65.5 Å². The summed E-state index contributed by atoms with van der Waals surface area (Å²) in [6.07, 6.45) is 0. The first-order valence-electron chi connectivity index (χ1n) is 6.61. The summed E-state index contributed by atoms with van der Waals surface area (Å²) in [5.74, 6) is -0.378. The van der Waals surface area contributed by atoms with E-state index in [1.165, 1.54) is 0 Å². The third-order valence-corrected chi connectivity index (χ3v) is 3.72. The Labute approximate surface area is 122 Å². The van der Waals surface area contributed by atoms with Crippen LogP contribution in [0.3, 0.4) is 0 Å². The summed E-state index contributed by atoms with van der Waals surface area (Å²) in [6, 6.07) is 16.5. The number of nitrogen functional groups attached to an aromatic ring is 1. The Morgan fingerprint density at radius 2 is 1.62 bits per heavy atom. The molecule has 0 fully saturated rings. The Morgan fingerprint density at radius 3 is 2.29 bits per heavy atom. The second-order valence-electron chi connectivity index (χ2n) is 4.95. The molecular weight excluding hydrogens is 263 g/mol. The number of nitrogens with two attached hydrogens (primary N) is 1. The number of aryl methyl sites for hydroxylation is 1. The Bertz CT molecular complexity index is 892. The maximum Gasteiger partial charge on any atom is 0.141 e. The molecule has 3 aromatic rings. The number of hydrogen-bond acceptors (Lipinski definition) is 2. The van der Waals surface area contributed by atoms with E-state index in [1.54, 1.807) is 24.3 Å². The molecule has 0 aliphatic carbocycles. The van der Waals surface area contributed by atoms with Gasteiger partial charge in [-0.15, -0.1) is 0 Å². The Kier molecular flexibility index (Phi) is 3.08. The second-order valence-corrected chi connectivity index (χ2v) is 4.95. The average Bonchev–Trinajstić information content (AvgIpc) is 2.50. The summed E-state index contributed by atoms with van der Waals surface area (Å²) in [5.41, 5.74) is 8.57. The lowest BCUT2D eigenvalue weighted by molar-refractivity contribution is 0.643. The Balaban J connectivity index is 2.50. The van der Waals surface area contributed by atoms with Crippen LogP contribution in [0.2, 0.25) is 0 Å². The van der Waals surface area contributed by atoms with Crippen molar-refractivity contribution in [3.8, 4) is 17.2 Å². The molecule has 0 spiro atoms. The molecule has 3 aromatic carbocycles. The van der Waals surface area contributed by atoms with Crippen molar-refractivity contribution in [2.24, 2.45) is 0 Å². The van der Waals surface area contributed by atoms with Gasteiger partial charge in [0.2, 0.25) is 0 Å². The van der Waals surface area contributed by atoms with Crippen LogP contribution in [0.4, 0.5) is 10.1 Å². The summed E-state index contributed by atoms with van der Waals surface area (Å²) in [7, 11) is 0. The van der Waals surface area contributed by atoms with Gasteiger partial charge in [0.15, 0.2) is 0 Å². The van der Waals surface area contributed by atoms with Gasteiger partial charge < -0.3 is 5.73 Å². The standard InChI is InChI=1S/C18H13FN2/c1-11-6-2-3-7-12(11)16-17(19)14-9-5-4-8-13(14)15(10-20)18(16)21/h2-9H,21H2,1H3. The van der Waals surface area contributed by atoms with Gasteiger partial charge in [-0.25, -0.2) is 4.39 Å². The number of halogens is 1. The first-order chi connectivity index (χ1) is 10.1. The summed E-state index contributed by atoms with van der Waals surface area (Å²) in [6.45, 7) is 1.90. The molecule has 0 bridgehead atoms. The fourth-order valence-corrected chi connectivity index (χ4v) is 2.65. The SMILES string of the molecule is Cc1ccccc1-c1c(N)c(C#N)c2ccccc2c1F. The molecule has 0 saturated carbocycles. The van der Waals surface area contributed by atoms with Gasteiger partial charge in [-0.05, 0) is 18.1 Å². The van der Waals surface area contributed by atoms with Crippen LogP contribution < -0.4 is 5.73 Å². The lowest BCUT2D eigenvalue weighted by Gasteiger charge is -2.14. The predicted molar refractivity (Wildman–Crippen MR) is 83.2 cm³/mol. The first kappa shape index (κ1) is 13.1. The van der Waals surface area contributed by atoms with Gasteiger partial charge in [0, 0.05) is 16.3 Å². The Hall–Kier alpha value is -2.86. The van der Waals surface area contributed by atoms with Crippen molar-refractivity contribution in [1.29, 1.82) is 5.26 Å². The third-order valence-electron chi connectivity index (χ3n) is 3.72. The highest BCUT2D eigenvalue weighted by molar-refractivity contribution is 6.00. The second kappa shape index (κ2) is 4.92. The minimum absolute atomic E-state index is 0.197. The van der Waals surface area contributed by atoms with E-state index in [9.17, 15) is 9.65 Å². The number of nitriles is 1. The highest BCUT2D eigenvalue weighted by Gasteiger charge is 2.19. The molecule has 102 valence electrons. The third kappa shape index (κ3) is 1.93. The number of nitrogens with zero attached hydrogens (tertiary/aromatic N) is 1. The van der Waals surface area contributed by atoms with E-state index in [0.29, 0.717) is 21.9 Å². The van der Waals surface area contributed by atoms with Crippen LogP contribution >= 0.6 is 0 Å². The minimum atomic E-state index is -0.378. The van der Waals surface area contributed by atoms with Gasteiger partial charge in [0.05, 0.1) is 11.3 Å². The zero-order valence-corrected chi connectivity index (χ0v) is 11.5. The number of benzene rings is 3. The molecule has 0 radical (unpaired) electrons. The van der Waals surface area contributed by atoms with E-state index in [-0.39, 0.29) is 11.5 Å². The maximum atomic E-state index is 14.9. The van der Waals surface area contributed by atoms with Crippen LogP contribution in [0.25, 0.3) is 21.9 Å². The molecule has 2 nitrogen and oxygen atoms in total. The van der Waals surface area contributed by atoms with Gasteiger partial charge in [-0.1, -0.05) is 48.5 Å². The number of fused-ring (bicyclic) bond motifs is 1. The van der Waals surface area contributed by atoms with E-state index < -0.39 is 0 Å². The smallest absolute Gasteiger partial charge is 0.141 e. The summed E-state index contributed by atoms with van der Waals surface area (Å²) >= 11 is 0. The van der Waals surface area contributed by atoms with Crippen LogP contribution in [0.5, 0.6) is 0 Å². The topological polar surface area (TPSA) is 49.8 Å². The van der Waals surface area contributed by atoms with Crippen LogP contribution in [-0.4, -0.2) is 0 Å². The van der Waals surface area contributed by atoms with Crippen molar-refractivity contribution in [3.63, 3.8) is 0 Å². The molecule has 0 atom stereocenters. The molecule has 0 aliphatic heterocycles. The van der Waals surface area contributed by atoms with Crippen molar-refractivity contribution in [1.82, 2.24) is 0 Å². The van der Waals surface area contributed by atoms with Crippen LogP contribution in [0, 0.1) is 24.1 Å².